The second kappa shape index (κ2) is 9.71. The molecule has 168 valence electrons. The molecule has 0 fully saturated rings. The summed E-state index contributed by atoms with van der Waals surface area (Å²) in [4.78, 5) is 29.7. The minimum absolute atomic E-state index is 0.00980. The van der Waals surface area contributed by atoms with Crippen molar-refractivity contribution < 1.29 is 27.8 Å². The van der Waals surface area contributed by atoms with Crippen LogP contribution in [0.3, 0.4) is 0 Å². The van der Waals surface area contributed by atoms with Crippen molar-refractivity contribution in [2.75, 3.05) is 20.3 Å². The van der Waals surface area contributed by atoms with Crippen molar-refractivity contribution in [2.24, 2.45) is 0 Å². The summed E-state index contributed by atoms with van der Waals surface area (Å²) in [5, 5.41) is 16.1. The molecule has 1 atom stereocenters. The summed E-state index contributed by atoms with van der Waals surface area (Å²) in [6.45, 7) is -0.414. The van der Waals surface area contributed by atoms with E-state index in [4.69, 9.17) is 4.74 Å². The van der Waals surface area contributed by atoms with Crippen LogP contribution in [0.1, 0.15) is 15.9 Å². The lowest BCUT2D eigenvalue weighted by Gasteiger charge is -2.16. The minimum atomic E-state index is -4.51. The zero-order valence-electron chi connectivity index (χ0n) is 16.8. The maximum Gasteiger partial charge on any atom is 0.416 e. The van der Waals surface area contributed by atoms with Gasteiger partial charge in [-0.15, -0.1) is 0 Å². The molecule has 0 saturated heterocycles. The highest BCUT2D eigenvalue weighted by atomic mass is 19.4. The first-order valence-electron chi connectivity index (χ1n) is 9.37. The molecular formula is C21H19F3N4O4. The third kappa shape index (κ3) is 5.18. The largest absolute Gasteiger partial charge is 0.416 e. The van der Waals surface area contributed by atoms with Gasteiger partial charge < -0.3 is 15.2 Å². The number of carbonyl (C=O) groups excluding carboxylic acids is 1. The number of pyridine rings is 1. The van der Waals surface area contributed by atoms with Crippen LogP contribution in [0.15, 0.2) is 59.7 Å². The van der Waals surface area contributed by atoms with Gasteiger partial charge in [-0.25, -0.2) is 0 Å². The number of alkyl halides is 3. The summed E-state index contributed by atoms with van der Waals surface area (Å²) in [6.07, 6.45) is -1.67. The molecule has 3 aromatic rings. The molecule has 11 heteroatoms. The fourth-order valence-corrected chi connectivity index (χ4v) is 2.89. The molecule has 3 rings (SSSR count). The number of methoxy groups -OCH3 is 1. The Kier molecular flexibility index (Phi) is 7.01. The first-order valence-corrected chi connectivity index (χ1v) is 9.37. The molecule has 0 saturated carbocycles. The van der Waals surface area contributed by atoms with Gasteiger partial charge in [0.05, 0.1) is 42.4 Å². The highest BCUT2D eigenvalue weighted by Gasteiger charge is 2.30. The predicted molar refractivity (Wildman–Crippen MR) is 108 cm³/mol. The summed E-state index contributed by atoms with van der Waals surface area (Å²) in [6, 6.07) is 7.71. The quantitative estimate of drug-likeness (QED) is 0.573. The van der Waals surface area contributed by atoms with Gasteiger partial charge in [0.1, 0.15) is 5.56 Å². The van der Waals surface area contributed by atoms with Crippen LogP contribution < -0.4 is 10.9 Å². The first kappa shape index (κ1) is 23.1. The Balaban J connectivity index is 2.11. The van der Waals surface area contributed by atoms with Gasteiger partial charge in [0.25, 0.3) is 11.5 Å². The van der Waals surface area contributed by atoms with Crippen LogP contribution in [0, 0.1) is 0 Å². The SMILES string of the molecule is COCC(CO)NC(=O)c1cc(-c2ccc(C(F)(F)F)cc2)nn(-c2cccnc2)c1=O. The number of nitrogens with one attached hydrogen (secondary N) is 1. The van der Waals surface area contributed by atoms with Crippen molar-refractivity contribution in [3.8, 4) is 16.9 Å². The van der Waals surface area contributed by atoms with Crippen LogP contribution in [-0.2, 0) is 10.9 Å². The van der Waals surface area contributed by atoms with Crippen LogP contribution in [0.25, 0.3) is 16.9 Å². The normalized spacial score (nSPS) is 12.4. The summed E-state index contributed by atoms with van der Waals surface area (Å²) in [7, 11) is 1.39. The van der Waals surface area contributed by atoms with Crippen molar-refractivity contribution in [1.82, 2.24) is 20.1 Å². The van der Waals surface area contributed by atoms with E-state index in [0.29, 0.717) is 0 Å². The van der Waals surface area contributed by atoms with Crippen LogP contribution in [0.5, 0.6) is 0 Å². The molecule has 0 aliphatic heterocycles. The number of rotatable bonds is 7. The van der Waals surface area contributed by atoms with Crippen molar-refractivity contribution in [1.29, 1.82) is 0 Å². The maximum absolute atomic E-state index is 13.0. The molecule has 0 radical (unpaired) electrons. The van der Waals surface area contributed by atoms with Gasteiger partial charge in [0.2, 0.25) is 0 Å². The van der Waals surface area contributed by atoms with Gasteiger partial charge in [0, 0.05) is 18.9 Å². The number of aromatic nitrogens is 3. The Hall–Kier alpha value is -3.57. The van der Waals surface area contributed by atoms with Gasteiger partial charge >= 0.3 is 6.18 Å². The number of benzene rings is 1. The molecular weight excluding hydrogens is 429 g/mol. The Bertz CT molecular complexity index is 1130. The van der Waals surface area contributed by atoms with E-state index in [0.717, 1.165) is 16.8 Å². The highest BCUT2D eigenvalue weighted by molar-refractivity contribution is 5.95. The molecule has 0 bridgehead atoms. The molecule has 2 aromatic heterocycles. The van der Waals surface area contributed by atoms with E-state index in [1.807, 2.05) is 0 Å². The van der Waals surface area contributed by atoms with Gasteiger partial charge in [-0.05, 0) is 30.3 Å². The molecule has 32 heavy (non-hydrogen) atoms. The molecule has 0 aliphatic carbocycles. The number of nitrogens with zero attached hydrogens (tertiary/aromatic N) is 3. The lowest BCUT2D eigenvalue weighted by Crippen LogP contribution is -2.43. The van der Waals surface area contributed by atoms with E-state index in [-0.39, 0.29) is 29.1 Å². The number of aliphatic hydroxyl groups excluding tert-OH is 1. The number of ether oxygens (including phenoxy) is 1. The van der Waals surface area contributed by atoms with Gasteiger partial charge in [-0.1, -0.05) is 12.1 Å². The van der Waals surface area contributed by atoms with Crippen molar-refractivity contribution in [3.05, 3.63) is 76.3 Å². The van der Waals surface area contributed by atoms with E-state index in [1.54, 1.807) is 12.1 Å². The predicted octanol–water partition coefficient (Wildman–Crippen LogP) is 2.05. The molecule has 0 spiro atoms. The Morgan fingerprint density at radius 2 is 1.97 bits per heavy atom. The molecule has 2 heterocycles. The molecule has 8 nitrogen and oxygen atoms in total. The fraction of sp³-hybridized carbons (Fsp3) is 0.238. The average Bonchev–Trinajstić information content (AvgIpc) is 2.79. The highest BCUT2D eigenvalue weighted by Crippen LogP contribution is 2.30. The monoisotopic (exact) mass is 448 g/mol. The van der Waals surface area contributed by atoms with E-state index < -0.39 is 35.9 Å². The second-order valence-electron chi connectivity index (χ2n) is 6.75. The summed E-state index contributed by atoms with van der Waals surface area (Å²) in [5.74, 6) is -0.792. The lowest BCUT2D eigenvalue weighted by molar-refractivity contribution is -0.137. The second-order valence-corrected chi connectivity index (χ2v) is 6.75. The topological polar surface area (TPSA) is 106 Å². The van der Waals surface area contributed by atoms with Crippen molar-refractivity contribution in [2.45, 2.75) is 12.2 Å². The number of halogens is 3. The fourth-order valence-electron chi connectivity index (χ4n) is 2.89. The molecule has 2 N–H and O–H groups in total. The zero-order valence-corrected chi connectivity index (χ0v) is 16.8. The van der Waals surface area contributed by atoms with Crippen molar-refractivity contribution in [3.63, 3.8) is 0 Å². The summed E-state index contributed by atoms with van der Waals surface area (Å²) >= 11 is 0. The lowest BCUT2D eigenvalue weighted by atomic mass is 10.1. The maximum atomic E-state index is 13.0. The standard InChI is InChI=1S/C21H19F3N4O4/c1-32-12-15(11-29)26-19(30)17-9-18(13-4-6-14(7-5-13)21(22,23)24)27-28(20(17)31)16-3-2-8-25-10-16/h2-10,15,29H,11-12H2,1H3,(H,26,30). The smallest absolute Gasteiger partial charge is 0.394 e. The van der Waals surface area contributed by atoms with Gasteiger partial charge in [-0.2, -0.15) is 23.0 Å². The molecule has 1 amide bonds. The van der Waals surface area contributed by atoms with Crippen molar-refractivity contribution >= 4 is 5.91 Å². The Morgan fingerprint density at radius 1 is 1.25 bits per heavy atom. The number of carbonyl (C=O) groups is 1. The number of hydrogen-bond acceptors (Lipinski definition) is 6. The Labute approximate surface area is 180 Å². The average molecular weight is 448 g/mol. The van der Waals surface area contributed by atoms with E-state index >= 15 is 0 Å². The Morgan fingerprint density at radius 3 is 2.53 bits per heavy atom. The van der Waals surface area contributed by atoms with Gasteiger partial charge in [-0.3, -0.25) is 14.6 Å². The van der Waals surface area contributed by atoms with Gasteiger partial charge in [0.15, 0.2) is 0 Å². The minimum Gasteiger partial charge on any atom is -0.394 e. The van der Waals surface area contributed by atoms with Crippen LogP contribution >= 0.6 is 0 Å². The van der Waals surface area contributed by atoms with Crippen LogP contribution in [-0.4, -0.2) is 52.1 Å². The first-order chi connectivity index (χ1) is 15.2. The molecule has 1 unspecified atom stereocenters. The zero-order chi connectivity index (χ0) is 23.3. The van der Waals surface area contributed by atoms with E-state index in [1.165, 1.54) is 37.7 Å². The van der Waals surface area contributed by atoms with E-state index in [2.05, 4.69) is 15.4 Å². The number of amides is 1. The summed E-state index contributed by atoms with van der Waals surface area (Å²) < 4.78 is 44.5. The number of aliphatic hydroxyl groups is 1. The third-order valence-corrected chi connectivity index (χ3v) is 4.48. The third-order valence-electron chi connectivity index (χ3n) is 4.48. The van der Waals surface area contributed by atoms with Crippen LogP contribution in [0.4, 0.5) is 13.2 Å². The molecule has 1 aromatic carbocycles. The van der Waals surface area contributed by atoms with E-state index in [9.17, 15) is 27.9 Å². The summed E-state index contributed by atoms with van der Waals surface area (Å²) in [5.41, 5.74) is -1.30. The van der Waals surface area contributed by atoms with Crippen LogP contribution in [0.2, 0.25) is 0 Å². The number of hydrogen-bond donors (Lipinski definition) is 2. The molecule has 0 aliphatic rings.